The first-order valence-corrected chi connectivity index (χ1v) is 33.4. The molecule has 0 saturated heterocycles. The highest BCUT2D eigenvalue weighted by Gasteiger charge is 2.03. The maximum absolute atomic E-state index is 4.31. The van der Waals surface area contributed by atoms with Gasteiger partial charge in [0.05, 0.1) is 45.6 Å². The van der Waals surface area contributed by atoms with Gasteiger partial charge < -0.3 is 0 Å². The molecule has 1 aromatic carbocycles. The lowest BCUT2D eigenvalue weighted by molar-refractivity contribution is 0.875. The van der Waals surface area contributed by atoms with Crippen molar-refractivity contribution < 1.29 is 0 Å². The van der Waals surface area contributed by atoms with Crippen molar-refractivity contribution in [1.82, 2.24) is 79.7 Å². The van der Waals surface area contributed by atoms with E-state index in [9.17, 15) is 0 Å². The van der Waals surface area contributed by atoms with E-state index in [1.54, 1.807) is 0 Å². The Kier molecular flexibility index (Phi) is 51.4. The summed E-state index contributed by atoms with van der Waals surface area (Å²) in [6, 6.07) is 16.4. The zero-order chi connectivity index (χ0) is 74.2. The Balaban J connectivity index is -0.000000482. The molecule has 95 heavy (non-hydrogen) atoms. The van der Waals surface area contributed by atoms with E-state index in [0.717, 1.165) is 120 Å². The van der Waals surface area contributed by atoms with Gasteiger partial charge in [0.2, 0.25) is 0 Å². The van der Waals surface area contributed by atoms with Crippen molar-refractivity contribution >= 4 is 10.8 Å². The molecule has 10 aromatic rings. The van der Waals surface area contributed by atoms with Crippen LogP contribution in [0.1, 0.15) is 223 Å². The Labute approximate surface area is 577 Å². The Morgan fingerprint density at radius 1 is 0.211 bits per heavy atom. The predicted octanol–water partition coefficient (Wildman–Crippen LogP) is 20.1. The van der Waals surface area contributed by atoms with Crippen molar-refractivity contribution in [3.8, 4) is 0 Å². The molecule has 0 unspecified atom stereocenters. The first-order chi connectivity index (χ1) is 44.8. The Bertz CT molecular complexity index is 3200. The van der Waals surface area contributed by atoms with Crippen LogP contribution in [0.15, 0.2) is 79.5 Å². The average Bonchev–Trinajstić information content (AvgIpc) is 1.23. The van der Waals surface area contributed by atoms with Gasteiger partial charge in [-0.3, -0.25) is 34.9 Å². The maximum atomic E-state index is 4.31. The highest BCUT2D eigenvalue weighted by Crippen LogP contribution is 2.12. The Morgan fingerprint density at radius 3 is 0.695 bits per heavy atom. The fourth-order valence-electron chi connectivity index (χ4n) is 7.53. The van der Waals surface area contributed by atoms with Crippen LogP contribution in [0.4, 0.5) is 0 Å². The molecule has 0 spiro atoms. The molecule has 0 aliphatic rings. The van der Waals surface area contributed by atoms with Gasteiger partial charge in [0.25, 0.3) is 0 Å². The summed E-state index contributed by atoms with van der Waals surface area (Å²) in [5, 5.41) is 2.45. The molecule has 0 bridgehead atoms. The van der Waals surface area contributed by atoms with Crippen LogP contribution in [0.25, 0.3) is 10.8 Å². The lowest BCUT2D eigenvalue weighted by Crippen LogP contribution is -1.97. The van der Waals surface area contributed by atoms with E-state index in [4.69, 9.17) is 0 Å². The van der Waals surface area contributed by atoms with Crippen molar-refractivity contribution in [2.24, 2.45) is 0 Å². The molecule has 0 saturated carbocycles. The van der Waals surface area contributed by atoms with Gasteiger partial charge in [-0.2, -0.15) is 0 Å². The van der Waals surface area contributed by atoms with E-state index < -0.39 is 0 Å². The summed E-state index contributed by atoms with van der Waals surface area (Å²) in [6.07, 6.45) is 9.26. The van der Waals surface area contributed by atoms with Gasteiger partial charge in [0.1, 0.15) is 34.9 Å². The molecule has 16 nitrogen and oxygen atoms in total. The lowest BCUT2D eigenvalue weighted by atomic mass is 10.2. The molecule has 0 amide bonds. The van der Waals surface area contributed by atoms with Crippen molar-refractivity contribution in [2.75, 3.05) is 0 Å². The molecule has 520 valence electrons. The number of rotatable bonds is 0. The number of aryl methyl sites for hydroxylation is 24. The van der Waals surface area contributed by atoms with E-state index in [1.807, 2.05) is 311 Å². The highest BCUT2D eigenvalue weighted by molar-refractivity contribution is 5.81. The summed E-state index contributed by atoms with van der Waals surface area (Å²) in [4.78, 5) is 66.7. The number of nitrogens with zero attached hydrogens (tertiary/aromatic N) is 16. The Morgan fingerprint density at radius 2 is 0.474 bits per heavy atom. The second-order valence-electron chi connectivity index (χ2n) is 21.0. The van der Waals surface area contributed by atoms with Crippen LogP contribution in [0, 0.1) is 187 Å². The van der Waals surface area contributed by atoms with Gasteiger partial charge >= 0.3 is 0 Å². The number of fused-ring (bicyclic) bond motifs is 1. The van der Waals surface area contributed by atoms with Gasteiger partial charge in [-0.05, 0) is 243 Å². The topological polar surface area (TPSA) is 206 Å². The molecule has 9 aromatic heterocycles. The van der Waals surface area contributed by atoms with Crippen molar-refractivity contribution in [3.05, 3.63) is 233 Å². The molecule has 0 atom stereocenters. The standard InChI is InChI=1S/C9H7N.5C8H12N2.2C7H9N.C6H9N3.5C2H6/c1-2-4-9-7-10-6-5-8(9)3-1;2*1-5-6(2)10-8(4)7(3)9-5;3*1-5-6(2)9-8(4)10-7(5)3;1-6-3-7(2)5-8-4-6;1-6-3-4-7(2)8-5-6;1-4-7-5(2)9-6(3)8-4;5*1-2/h1-7H;5*1-4H3;2*3-5H,1-2H3;1-3H3;5*1-2H3. The smallest absolute Gasteiger partial charge is 0.129 e. The van der Waals surface area contributed by atoms with Gasteiger partial charge in [0.15, 0.2) is 0 Å². The van der Waals surface area contributed by atoms with Crippen molar-refractivity contribution in [2.45, 2.75) is 256 Å². The predicted molar refractivity (Wildman–Crippen MR) is 405 cm³/mol. The van der Waals surface area contributed by atoms with Crippen LogP contribution < -0.4 is 0 Å². The highest BCUT2D eigenvalue weighted by atomic mass is 15.0. The third-order valence-electron chi connectivity index (χ3n) is 13.3. The molecule has 0 aliphatic carbocycles. The van der Waals surface area contributed by atoms with Crippen LogP contribution in [0.5, 0.6) is 0 Å². The largest absolute Gasteiger partial charge is 0.264 e. The third-order valence-corrected chi connectivity index (χ3v) is 13.3. The maximum Gasteiger partial charge on any atom is 0.129 e. The Hall–Kier alpha value is -8.66. The zero-order valence-corrected chi connectivity index (χ0v) is 66.2. The minimum absolute atomic E-state index is 0.792. The number of hydrogen-bond donors (Lipinski definition) is 0. The summed E-state index contributed by atoms with van der Waals surface area (Å²) in [7, 11) is 0. The first kappa shape index (κ1) is 92.7. The van der Waals surface area contributed by atoms with Crippen LogP contribution >= 0.6 is 0 Å². The van der Waals surface area contributed by atoms with Crippen LogP contribution in [-0.4, -0.2) is 79.7 Å². The van der Waals surface area contributed by atoms with Crippen LogP contribution in [0.3, 0.4) is 0 Å². The minimum atomic E-state index is 0.792. The van der Waals surface area contributed by atoms with Crippen molar-refractivity contribution in [3.63, 3.8) is 0 Å². The zero-order valence-electron chi connectivity index (χ0n) is 66.2. The third kappa shape index (κ3) is 40.3. The number of aromatic nitrogens is 16. The fourth-order valence-corrected chi connectivity index (χ4v) is 7.53. The monoisotopic (exact) mass is 1300 g/mol. The van der Waals surface area contributed by atoms with Gasteiger partial charge in [-0.25, -0.2) is 44.9 Å². The first-order valence-electron chi connectivity index (χ1n) is 33.4. The average molecular weight is 1300 g/mol. The number of pyridine rings is 3. The molecule has 0 fully saturated rings. The summed E-state index contributed by atoms with van der Waals surface area (Å²) in [5.74, 6) is 4.96. The molecule has 0 N–H and O–H groups in total. The normalized spacial score (nSPS) is 9.11. The van der Waals surface area contributed by atoms with Crippen LogP contribution in [-0.2, 0) is 0 Å². The number of benzene rings is 1. The van der Waals surface area contributed by atoms with E-state index >= 15 is 0 Å². The second-order valence-corrected chi connectivity index (χ2v) is 21.0. The molecule has 16 heteroatoms. The second kappa shape index (κ2) is 52.7. The fraction of sp³-hybridized carbons (Fsp3) is 0.468. The van der Waals surface area contributed by atoms with E-state index in [2.05, 4.69) is 104 Å². The number of hydrogen-bond acceptors (Lipinski definition) is 16. The summed E-state index contributed by atoms with van der Waals surface area (Å²) in [6.45, 7) is 73.5. The summed E-state index contributed by atoms with van der Waals surface area (Å²) >= 11 is 0. The van der Waals surface area contributed by atoms with Gasteiger partial charge in [-0.15, -0.1) is 0 Å². The molecule has 9 heterocycles. The lowest BCUT2D eigenvalue weighted by Gasteiger charge is -2.02. The molecule has 10 rings (SSSR count). The van der Waals surface area contributed by atoms with Crippen molar-refractivity contribution in [1.29, 1.82) is 0 Å². The summed E-state index contributed by atoms with van der Waals surface area (Å²) < 4.78 is 0. The van der Waals surface area contributed by atoms with Gasteiger partial charge in [0, 0.05) is 70.8 Å². The van der Waals surface area contributed by atoms with Gasteiger partial charge in [-0.1, -0.05) is 106 Å². The minimum Gasteiger partial charge on any atom is -0.264 e. The van der Waals surface area contributed by atoms with E-state index in [-0.39, 0.29) is 0 Å². The van der Waals surface area contributed by atoms with Crippen LogP contribution in [0.2, 0.25) is 0 Å². The van der Waals surface area contributed by atoms with E-state index in [1.165, 1.54) is 44.2 Å². The summed E-state index contributed by atoms with van der Waals surface area (Å²) in [5.41, 5.74) is 23.1. The molecule has 0 radical (unpaired) electrons. The quantitative estimate of drug-likeness (QED) is 0.138. The SMILES string of the molecule is CC.CC.CC.CC.CC.Cc1ccc(C)nc1.Cc1cncc(C)c1.Cc1nc(C)c(C)c(C)n1.Cc1nc(C)c(C)c(C)n1.Cc1nc(C)c(C)c(C)n1.Cc1nc(C)c(C)nc1C.Cc1nc(C)c(C)nc1C.Cc1nc(C)nc(C)n1.c1ccc2cnccc2c1. The molecular formula is C79H124N16. The van der Waals surface area contributed by atoms with E-state index in [0.29, 0.717) is 0 Å². The molecule has 0 aliphatic heterocycles. The molecular weight excluding hydrogens is 1170 g/mol.